The Morgan fingerprint density at radius 1 is 1.25 bits per heavy atom. The van der Waals surface area contributed by atoms with Gasteiger partial charge < -0.3 is 9.84 Å². The van der Waals surface area contributed by atoms with Gasteiger partial charge in [0.1, 0.15) is 18.1 Å². The molecule has 2 atom stereocenters. The van der Waals surface area contributed by atoms with Gasteiger partial charge in [0, 0.05) is 6.42 Å². The number of aliphatic carboxylic acids is 1. The van der Waals surface area contributed by atoms with Crippen molar-refractivity contribution in [3.8, 4) is 5.75 Å². The molecule has 28 heavy (non-hydrogen) atoms. The van der Waals surface area contributed by atoms with Crippen molar-refractivity contribution in [2.24, 2.45) is 5.92 Å². The van der Waals surface area contributed by atoms with Crippen LogP contribution in [0.1, 0.15) is 42.9 Å². The van der Waals surface area contributed by atoms with E-state index >= 15 is 0 Å². The van der Waals surface area contributed by atoms with Gasteiger partial charge in [0.15, 0.2) is 0 Å². The number of carboxylic acids is 1. The molecule has 0 radical (unpaired) electrons. The second-order valence-corrected chi connectivity index (χ2v) is 7.28. The monoisotopic (exact) mass is 378 g/mol. The van der Waals surface area contributed by atoms with Crippen molar-refractivity contribution >= 4 is 11.8 Å². The molecule has 4 nitrogen and oxygen atoms in total. The van der Waals surface area contributed by atoms with E-state index in [4.69, 9.17) is 4.74 Å². The summed E-state index contributed by atoms with van der Waals surface area (Å²) in [6.07, 6.45) is 3.34. The molecule has 0 spiro atoms. The van der Waals surface area contributed by atoms with Gasteiger partial charge in [-0.1, -0.05) is 49.4 Å². The lowest BCUT2D eigenvalue weighted by molar-refractivity contribution is -0.148. The fourth-order valence-corrected chi connectivity index (χ4v) is 4.35. The SMILES string of the molecule is C=CCC1(C(CC)C(=O)O)C(=O)CCc2ccc(OCc3ccccc3)cc21. The number of Topliss-reactive ketones (excluding diaryl/α,β-unsaturated/α-hetero) is 1. The Morgan fingerprint density at radius 3 is 2.64 bits per heavy atom. The van der Waals surface area contributed by atoms with E-state index < -0.39 is 17.3 Å². The molecule has 2 aromatic rings. The normalized spacial score (nSPS) is 19.5. The van der Waals surface area contributed by atoms with Crippen molar-refractivity contribution in [2.75, 3.05) is 0 Å². The van der Waals surface area contributed by atoms with Crippen LogP contribution in [0.25, 0.3) is 0 Å². The number of fused-ring (bicyclic) bond motifs is 1. The quantitative estimate of drug-likeness (QED) is 0.676. The van der Waals surface area contributed by atoms with Crippen LogP contribution in [0.4, 0.5) is 0 Å². The number of ether oxygens (including phenoxy) is 1. The number of ketones is 1. The van der Waals surface area contributed by atoms with Crippen LogP contribution >= 0.6 is 0 Å². The van der Waals surface area contributed by atoms with E-state index in [0.717, 1.165) is 16.7 Å². The van der Waals surface area contributed by atoms with E-state index in [2.05, 4.69) is 6.58 Å². The van der Waals surface area contributed by atoms with Crippen molar-refractivity contribution in [1.82, 2.24) is 0 Å². The number of allylic oxidation sites excluding steroid dienone is 1. The molecule has 0 heterocycles. The zero-order chi connectivity index (χ0) is 20.1. The zero-order valence-electron chi connectivity index (χ0n) is 16.2. The number of carbonyl (C=O) groups excluding carboxylic acids is 1. The number of carbonyl (C=O) groups is 2. The molecule has 0 saturated heterocycles. The van der Waals surface area contributed by atoms with E-state index in [-0.39, 0.29) is 5.78 Å². The van der Waals surface area contributed by atoms with Crippen LogP contribution in [0.3, 0.4) is 0 Å². The predicted molar refractivity (Wildman–Crippen MR) is 108 cm³/mol. The van der Waals surface area contributed by atoms with E-state index in [1.807, 2.05) is 55.5 Å². The van der Waals surface area contributed by atoms with Crippen LogP contribution in [0.15, 0.2) is 61.2 Å². The maximum absolute atomic E-state index is 13.1. The van der Waals surface area contributed by atoms with E-state index in [1.54, 1.807) is 6.08 Å². The molecule has 0 saturated carbocycles. The number of aryl methyl sites for hydroxylation is 1. The lowest BCUT2D eigenvalue weighted by Gasteiger charge is -2.41. The van der Waals surface area contributed by atoms with Crippen molar-refractivity contribution in [1.29, 1.82) is 0 Å². The maximum atomic E-state index is 13.1. The smallest absolute Gasteiger partial charge is 0.307 e. The van der Waals surface area contributed by atoms with Gasteiger partial charge in [-0.2, -0.15) is 0 Å². The largest absolute Gasteiger partial charge is 0.489 e. The Hall–Kier alpha value is -2.88. The second-order valence-electron chi connectivity index (χ2n) is 7.28. The first kappa shape index (κ1) is 19.9. The van der Waals surface area contributed by atoms with E-state index in [1.165, 1.54) is 0 Å². The Kier molecular flexibility index (Phi) is 5.98. The third kappa shape index (κ3) is 3.59. The minimum Gasteiger partial charge on any atom is -0.489 e. The predicted octanol–water partition coefficient (Wildman–Crippen LogP) is 4.71. The van der Waals surface area contributed by atoms with Crippen LogP contribution in [-0.2, 0) is 28.0 Å². The van der Waals surface area contributed by atoms with Crippen molar-refractivity contribution in [3.63, 3.8) is 0 Å². The van der Waals surface area contributed by atoms with E-state index in [9.17, 15) is 14.7 Å². The fraction of sp³-hybridized carbons (Fsp3) is 0.333. The second kappa shape index (κ2) is 8.42. The van der Waals surface area contributed by atoms with Gasteiger partial charge in [-0.15, -0.1) is 6.58 Å². The molecule has 2 unspecified atom stereocenters. The molecular formula is C24H26O4. The molecule has 2 aromatic carbocycles. The summed E-state index contributed by atoms with van der Waals surface area (Å²) >= 11 is 0. The van der Waals surface area contributed by atoms with E-state index in [0.29, 0.717) is 38.0 Å². The van der Waals surface area contributed by atoms with Gasteiger partial charge in [0.2, 0.25) is 0 Å². The first-order valence-electron chi connectivity index (χ1n) is 9.70. The summed E-state index contributed by atoms with van der Waals surface area (Å²) in [5.74, 6) is -1.11. The average molecular weight is 378 g/mol. The number of carboxylic acid groups (broad SMARTS) is 1. The molecule has 146 valence electrons. The number of hydrogen-bond donors (Lipinski definition) is 1. The van der Waals surface area contributed by atoms with Crippen LogP contribution in [0, 0.1) is 5.92 Å². The van der Waals surface area contributed by atoms with Gasteiger partial charge in [-0.3, -0.25) is 9.59 Å². The lowest BCUT2D eigenvalue weighted by atomic mass is 9.59. The van der Waals surface area contributed by atoms with Gasteiger partial charge in [-0.25, -0.2) is 0 Å². The van der Waals surface area contributed by atoms with Crippen molar-refractivity contribution in [2.45, 2.75) is 44.6 Å². The first-order valence-corrected chi connectivity index (χ1v) is 9.70. The molecule has 4 heteroatoms. The summed E-state index contributed by atoms with van der Waals surface area (Å²) in [4.78, 5) is 25.2. The Bertz CT molecular complexity index is 871. The minimum absolute atomic E-state index is 0.0191. The highest BCUT2D eigenvalue weighted by Crippen LogP contribution is 2.46. The summed E-state index contributed by atoms with van der Waals surface area (Å²) < 4.78 is 5.95. The van der Waals surface area contributed by atoms with Crippen LogP contribution in [0.2, 0.25) is 0 Å². The standard InChI is InChI=1S/C24H26O4/c1-3-14-24(20(4-2)23(26)27)21-15-19(12-10-18(21)11-13-22(24)25)28-16-17-8-6-5-7-9-17/h3,5-10,12,15,20H,1,4,11,13-14,16H2,2H3,(H,26,27). The maximum Gasteiger partial charge on any atom is 0.307 e. The summed E-state index contributed by atoms with van der Waals surface area (Å²) in [6.45, 7) is 6.04. The molecule has 1 aliphatic carbocycles. The van der Waals surface area contributed by atoms with Crippen LogP contribution in [0.5, 0.6) is 5.75 Å². The molecule has 0 aliphatic heterocycles. The Labute approximate surface area is 165 Å². The molecule has 1 N–H and O–H groups in total. The van der Waals surface area contributed by atoms with Gasteiger partial charge in [0.05, 0.1) is 11.3 Å². The molecule has 0 fully saturated rings. The summed E-state index contributed by atoms with van der Waals surface area (Å²) in [6, 6.07) is 15.6. The summed E-state index contributed by atoms with van der Waals surface area (Å²) in [5.41, 5.74) is 1.77. The minimum atomic E-state index is -1.08. The molecule has 1 aliphatic rings. The van der Waals surface area contributed by atoms with Gasteiger partial charge in [0.25, 0.3) is 0 Å². The molecule has 0 amide bonds. The molecular weight excluding hydrogens is 352 g/mol. The Morgan fingerprint density at radius 2 is 2.00 bits per heavy atom. The summed E-state index contributed by atoms with van der Waals surface area (Å²) in [7, 11) is 0. The molecule has 3 rings (SSSR count). The van der Waals surface area contributed by atoms with Crippen molar-refractivity contribution < 1.29 is 19.4 Å². The highest BCUT2D eigenvalue weighted by molar-refractivity contribution is 5.97. The highest BCUT2D eigenvalue weighted by Gasteiger charge is 2.51. The van der Waals surface area contributed by atoms with Crippen LogP contribution < -0.4 is 4.74 Å². The number of hydrogen-bond acceptors (Lipinski definition) is 3. The zero-order valence-corrected chi connectivity index (χ0v) is 16.2. The van der Waals surface area contributed by atoms with Gasteiger partial charge >= 0.3 is 5.97 Å². The Balaban J connectivity index is 2.03. The van der Waals surface area contributed by atoms with Crippen LogP contribution in [-0.4, -0.2) is 16.9 Å². The summed E-state index contributed by atoms with van der Waals surface area (Å²) in [5, 5.41) is 9.86. The molecule has 0 aromatic heterocycles. The first-order chi connectivity index (χ1) is 13.5. The highest BCUT2D eigenvalue weighted by atomic mass is 16.5. The molecule has 0 bridgehead atoms. The topological polar surface area (TPSA) is 63.6 Å². The number of rotatable bonds is 8. The fourth-order valence-electron chi connectivity index (χ4n) is 4.35. The van der Waals surface area contributed by atoms with Crippen molar-refractivity contribution in [3.05, 3.63) is 77.9 Å². The average Bonchev–Trinajstić information content (AvgIpc) is 2.70. The number of benzene rings is 2. The lowest BCUT2D eigenvalue weighted by Crippen LogP contribution is -2.49. The third-order valence-corrected chi connectivity index (χ3v) is 5.70. The third-order valence-electron chi connectivity index (χ3n) is 5.70. The van der Waals surface area contributed by atoms with Gasteiger partial charge in [-0.05, 0) is 48.1 Å².